The number of carbonyl (C=O) groups is 1. The number of aryl methyl sites for hydroxylation is 1. The Hall–Kier alpha value is -1.20. The van der Waals surface area contributed by atoms with Gasteiger partial charge in [-0.1, -0.05) is 13.8 Å². The number of hydrogen-bond acceptors (Lipinski definition) is 4. The molecule has 1 N–H and O–H groups in total. The van der Waals surface area contributed by atoms with Crippen molar-refractivity contribution in [3.63, 3.8) is 0 Å². The van der Waals surface area contributed by atoms with Gasteiger partial charge in [0.1, 0.15) is 0 Å². The minimum absolute atomic E-state index is 0.0680. The maximum atomic E-state index is 12.1. The van der Waals surface area contributed by atoms with Crippen LogP contribution in [-0.4, -0.2) is 10.9 Å². The molecular formula is C13H16N2OS2. The number of nitrogens with one attached hydrogen (secondary N) is 1. The van der Waals surface area contributed by atoms with E-state index < -0.39 is 0 Å². The van der Waals surface area contributed by atoms with Gasteiger partial charge >= 0.3 is 0 Å². The summed E-state index contributed by atoms with van der Waals surface area (Å²) in [6.07, 6.45) is 0. The second-order valence-corrected chi connectivity index (χ2v) is 6.46. The molecule has 0 aliphatic heterocycles. The third-order valence-corrected chi connectivity index (χ3v) is 4.65. The van der Waals surface area contributed by atoms with Crippen LogP contribution in [0.4, 0.5) is 5.13 Å². The minimum atomic E-state index is -0.0680. The van der Waals surface area contributed by atoms with Crippen LogP contribution in [-0.2, 0) is 0 Å². The average molecular weight is 280 g/mol. The minimum Gasteiger partial charge on any atom is -0.298 e. The molecule has 2 aromatic rings. The predicted molar refractivity (Wildman–Crippen MR) is 77.9 cm³/mol. The average Bonchev–Trinajstić information content (AvgIpc) is 2.88. The number of rotatable bonds is 3. The summed E-state index contributed by atoms with van der Waals surface area (Å²) < 4.78 is 0. The van der Waals surface area contributed by atoms with E-state index in [-0.39, 0.29) is 5.91 Å². The monoisotopic (exact) mass is 280 g/mol. The molecule has 3 nitrogen and oxygen atoms in total. The molecule has 2 aromatic heterocycles. The molecule has 0 saturated heterocycles. The lowest BCUT2D eigenvalue weighted by atomic mass is 10.2. The van der Waals surface area contributed by atoms with Gasteiger partial charge in [0.15, 0.2) is 5.13 Å². The van der Waals surface area contributed by atoms with Crippen molar-refractivity contribution in [3.05, 3.63) is 32.5 Å². The SMILES string of the molecule is Cc1scc(C(=O)Nc2nc(C(C)C)cs2)c1C. The van der Waals surface area contributed by atoms with E-state index >= 15 is 0 Å². The van der Waals surface area contributed by atoms with Crippen LogP contribution in [0.1, 0.15) is 46.3 Å². The first-order valence-electron chi connectivity index (χ1n) is 5.80. The summed E-state index contributed by atoms with van der Waals surface area (Å²) in [4.78, 5) is 17.7. The van der Waals surface area contributed by atoms with Crippen molar-refractivity contribution in [3.8, 4) is 0 Å². The van der Waals surface area contributed by atoms with Crippen molar-refractivity contribution in [1.29, 1.82) is 0 Å². The van der Waals surface area contributed by atoms with E-state index in [0.717, 1.165) is 16.8 Å². The molecule has 1 amide bonds. The molecule has 2 heterocycles. The van der Waals surface area contributed by atoms with Gasteiger partial charge in [-0.2, -0.15) is 0 Å². The van der Waals surface area contributed by atoms with Crippen LogP contribution < -0.4 is 5.32 Å². The van der Waals surface area contributed by atoms with Crippen molar-refractivity contribution in [1.82, 2.24) is 4.98 Å². The quantitative estimate of drug-likeness (QED) is 0.915. The molecular weight excluding hydrogens is 264 g/mol. The maximum absolute atomic E-state index is 12.1. The van der Waals surface area contributed by atoms with Crippen molar-refractivity contribution >= 4 is 33.7 Å². The first-order valence-corrected chi connectivity index (χ1v) is 7.56. The number of aromatic nitrogens is 1. The van der Waals surface area contributed by atoms with Crippen LogP contribution in [0, 0.1) is 13.8 Å². The Morgan fingerprint density at radius 2 is 2.00 bits per heavy atom. The van der Waals surface area contributed by atoms with Gasteiger partial charge in [-0.3, -0.25) is 10.1 Å². The number of carbonyl (C=O) groups excluding carboxylic acids is 1. The zero-order valence-corrected chi connectivity index (χ0v) is 12.5. The van der Waals surface area contributed by atoms with E-state index in [0.29, 0.717) is 11.0 Å². The lowest BCUT2D eigenvalue weighted by Crippen LogP contribution is -2.12. The Kier molecular flexibility index (Phi) is 3.82. The Morgan fingerprint density at radius 1 is 1.28 bits per heavy atom. The number of anilines is 1. The Bertz CT molecular complexity index is 569. The van der Waals surface area contributed by atoms with Crippen LogP contribution in [0.15, 0.2) is 10.8 Å². The largest absolute Gasteiger partial charge is 0.298 e. The smallest absolute Gasteiger partial charge is 0.258 e. The van der Waals surface area contributed by atoms with Gasteiger partial charge in [-0.05, 0) is 25.3 Å². The lowest BCUT2D eigenvalue weighted by molar-refractivity contribution is 0.102. The fourth-order valence-electron chi connectivity index (χ4n) is 1.51. The van der Waals surface area contributed by atoms with Crippen molar-refractivity contribution in [2.24, 2.45) is 0 Å². The molecule has 0 saturated carbocycles. The molecule has 0 spiro atoms. The predicted octanol–water partition coefficient (Wildman–Crippen LogP) is 4.20. The Labute approximate surface area is 115 Å². The van der Waals surface area contributed by atoms with E-state index in [2.05, 4.69) is 24.1 Å². The normalized spacial score (nSPS) is 10.9. The van der Waals surface area contributed by atoms with Gasteiger partial charge < -0.3 is 0 Å². The highest BCUT2D eigenvalue weighted by Gasteiger charge is 2.14. The van der Waals surface area contributed by atoms with Gasteiger partial charge in [0, 0.05) is 15.6 Å². The second-order valence-electron chi connectivity index (χ2n) is 4.52. The summed E-state index contributed by atoms with van der Waals surface area (Å²) in [5, 5.41) is 7.43. The summed E-state index contributed by atoms with van der Waals surface area (Å²) in [5.74, 6) is 0.318. The number of thiophene rings is 1. The molecule has 0 bridgehead atoms. The number of thiazole rings is 1. The highest BCUT2D eigenvalue weighted by atomic mass is 32.1. The molecule has 2 rings (SSSR count). The molecule has 0 aliphatic rings. The maximum Gasteiger partial charge on any atom is 0.258 e. The molecule has 0 atom stereocenters. The van der Waals surface area contributed by atoms with Gasteiger partial charge in [0.2, 0.25) is 0 Å². The van der Waals surface area contributed by atoms with Crippen LogP contribution in [0.5, 0.6) is 0 Å². The van der Waals surface area contributed by atoms with Gasteiger partial charge in [0.05, 0.1) is 11.3 Å². The molecule has 0 radical (unpaired) electrons. The van der Waals surface area contributed by atoms with E-state index in [1.165, 1.54) is 16.2 Å². The molecule has 5 heteroatoms. The Balaban J connectivity index is 2.14. The summed E-state index contributed by atoms with van der Waals surface area (Å²) in [7, 11) is 0. The summed E-state index contributed by atoms with van der Waals surface area (Å²) in [6, 6.07) is 0. The van der Waals surface area contributed by atoms with E-state index in [1.807, 2.05) is 24.6 Å². The van der Waals surface area contributed by atoms with Gasteiger partial charge in [-0.25, -0.2) is 4.98 Å². The number of hydrogen-bond donors (Lipinski definition) is 1. The third-order valence-electron chi connectivity index (χ3n) is 2.86. The molecule has 0 aliphatic carbocycles. The standard InChI is InChI=1S/C13H16N2OS2/c1-7(2)11-6-18-13(14-11)15-12(16)10-5-17-9(4)8(10)3/h5-7H,1-4H3,(H,14,15,16). The first kappa shape index (κ1) is 13.2. The fraction of sp³-hybridized carbons (Fsp3) is 0.385. The number of nitrogens with zero attached hydrogens (tertiary/aromatic N) is 1. The van der Waals surface area contributed by atoms with Crippen LogP contribution >= 0.6 is 22.7 Å². The zero-order valence-electron chi connectivity index (χ0n) is 10.9. The second kappa shape index (κ2) is 5.20. The molecule has 0 unspecified atom stereocenters. The van der Waals surface area contributed by atoms with Gasteiger partial charge in [-0.15, -0.1) is 22.7 Å². The van der Waals surface area contributed by atoms with Crippen molar-refractivity contribution < 1.29 is 4.79 Å². The molecule has 0 aromatic carbocycles. The van der Waals surface area contributed by atoms with E-state index in [4.69, 9.17) is 0 Å². The Morgan fingerprint density at radius 3 is 2.50 bits per heavy atom. The van der Waals surface area contributed by atoms with E-state index in [1.54, 1.807) is 11.3 Å². The summed E-state index contributed by atoms with van der Waals surface area (Å²) in [5.41, 5.74) is 2.82. The van der Waals surface area contributed by atoms with Crippen LogP contribution in [0.2, 0.25) is 0 Å². The molecule has 18 heavy (non-hydrogen) atoms. The van der Waals surface area contributed by atoms with Crippen LogP contribution in [0.25, 0.3) is 0 Å². The highest BCUT2D eigenvalue weighted by molar-refractivity contribution is 7.14. The van der Waals surface area contributed by atoms with E-state index in [9.17, 15) is 4.79 Å². The first-order chi connectivity index (χ1) is 8.49. The fourth-order valence-corrected chi connectivity index (χ4v) is 3.24. The summed E-state index contributed by atoms with van der Waals surface area (Å²) in [6.45, 7) is 8.18. The topological polar surface area (TPSA) is 42.0 Å². The van der Waals surface area contributed by atoms with Crippen LogP contribution in [0.3, 0.4) is 0 Å². The van der Waals surface area contributed by atoms with Gasteiger partial charge in [0.25, 0.3) is 5.91 Å². The van der Waals surface area contributed by atoms with Crippen molar-refractivity contribution in [2.45, 2.75) is 33.6 Å². The lowest BCUT2D eigenvalue weighted by Gasteiger charge is -2.01. The van der Waals surface area contributed by atoms with Crippen molar-refractivity contribution in [2.75, 3.05) is 5.32 Å². The number of amides is 1. The molecule has 0 fully saturated rings. The molecule has 96 valence electrons. The zero-order chi connectivity index (χ0) is 13.3. The highest BCUT2D eigenvalue weighted by Crippen LogP contribution is 2.24. The third kappa shape index (κ3) is 2.62. The summed E-state index contributed by atoms with van der Waals surface area (Å²) >= 11 is 3.08.